The first-order chi connectivity index (χ1) is 15.2. The van der Waals surface area contributed by atoms with Crippen molar-refractivity contribution in [2.75, 3.05) is 5.73 Å². The Hall–Kier alpha value is -3.91. The third-order valence-electron chi connectivity index (χ3n) is 6.23. The van der Waals surface area contributed by atoms with Gasteiger partial charge in [0, 0.05) is 28.9 Å². The van der Waals surface area contributed by atoms with Crippen LogP contribution in [0.15, 0.2) is 60.8 Å². The number of hydrogen-bond donors (Lipinski definition) is 3. The number of ketones is 1. The fraction of sp³-hybridized carbons (Fsp3) is 0.208. The van der Waals surface area contributed by atoms with Crippen LogP contribution in [-0.4, -0.2) is 16.8 Å². The van der Waals surface area contributed by atoms with Crippen LogP contribution in [0.3, 0.4) is 0 Å². The predicted molar refractivity (Wildman–Crippen MR) is 115 cm³/mol. The van der Waals surface area contributed by atoms with Crippen LogP contribution >= 0.6 is 0 Å². The number of nitrogens with zero attached hydrogens (tertiary/aromatic N) is 1. The lowest BCUT2D eigenvalue weighted by Gasteiger charge is -2.34. The minimum atomic E-state index is -2.23. The van der Waals surface area contributed by atoms with Crippen molar-refractivity contribution in [2.24, 2.45) is 0 Å². The number of Topliss-reactive ketones (excluding diaryl/α,β-unsaturated/α-hetero) is 1. The van der Waals surface area contributed by atoms with Gasteiger partial charge in [0.15, 0.2) is 6.20 Å². The summed E-state index contributed by atoms with van der Waals surface area (Å²) in [5.74, 6) is -3.21. The van der Waals surface area contributed by atoms with Crippen LogP contribution < -0.4 is 20.5 Å². The number of pyridine rings is 1. The Labute approximate surface area is 183 Å². The zero-order valence-electron chi connectivity index (χ0n) is 17.5. The summed E-state index contributed by atoms with van der Waals surface area (Å²) in [6.45, 7) is 4.01. The molecule has 1 aliphatic heterocycles. The number of anilines is 1. The molecule has 32 heavy (non-hydrogen) atoms. The van der Waals surface area contributed by atoms with Crippen LogP contribution in [0.5, 0.6) is 5.75 Å². The molecular formula is C24H21N3O5. The van der Waals surface area contributed by atoms with Crippen molar-refractivity contribution in [1.82, 2.24) is 5.32 Å². The van der Waals surface area contributed by atoms with E-state index in [4.69, 9.17) is 10.5 Å². The molecule has 0 bridgehead atoms. The molecule has 0 radical (unpaired) electrons. The standard InChI is InChI=1S/C24H21N3O5/c1-13(2)14-9-10-15-19(12-14)32-24(30)16-6-5-7-17(25)20(16)21(28)23(15,24)26-22(29)18-8-3-4-11-27(18)31/h3-13,30H,25H2,1-2H3,(H,26,29). The fourth-order valence-corrected chi connectivity index (χ4v) is 4.58. The average molecular weight is 431 g/mol. The molecule has 3 aromatic rings. The van der Waals surface area contributed by atoms with Gasteiger partial charge in [0.2, 0.25) is 11.3 Å². The number of rotatable bonds is 3. The SMILES string of the molecule is CC(C)c1ccc2c(c1)OC1(O)c3cccc(N)c3C(=O)C21NC(=O)c1cccc[n+]1[O-]. The molecule has 5 rings (SSSR count). The van der Waals surface area contributed by atoms with E-state index < -0.39 is 23.0 Å². The van der Waals surface area contributed by atoms with Gasteiger partial charge in [-0.1, -0.05) is 38.1 Å². The normalized spacial score (nSPS) is 22.8. The van der Waals surface area contributed by atoms with Crippen LogP contribution in [-0.2, 0) is 11.3 Å². The number of hydrogen-bond acceptors (Lipinski definition) is 6. The van der Waals surface area contributed by atoms with E-state index in [0.29, 0.717) is 10.3 Å². The summed E-state index contributed by atoms with van der Waals surface area (Å²) in [5.41, 5.74) is 5.48. The molecule has 1 aliphatic carbocycles. The van der Waals surface area contributed by atoms with Gasteiger partial charge in [-0.3, -0.25) is 9.59 Å². The molecule has 2 aromatic carbocycles. The molecule has 0 saturated heterocycles. The molecule has 8 nitrogen and oxygen atoms in total. The maximum atomic E-state index is 13.8. The monoisotopic (exact) mass is 431 g/mol. The van der Waals surface area contributed by atoms with E-state index in [0.717, 1.165) is 5.56 Å². The molecule has 8 heteroatoms. The second-order valence-corrected chi connectivity index (χ2v) is 8.37. The van der Waals surface area contributed by atoms with Crippen molar-refractivity contribution in [2.45, 2.75) is 31.1 Å². The molecule has 4 N–H and O–H groups in total. The average Bonchev–Trinajstić information content (AvgIpc) is 3.11. The Morgan fingerprint density at radius 1 is 1.16 bits per heavy atom. The summed E-state index contributed by atoms with van der Waals surface area (Å²) < 4.78 is 6.40. The molecule has 2 aliphatic rings. The minimum absolute atomic E-state index is 0.0805. The van der Waals surface area contributed by atoms with Gasteiger partial charge in [-0.2, -0.15) is 4.73 Å². The Morgan fingerprint density at radius 3 is 2.66 bits per heavy atom. The third-order valence-corrected chi connectivity index (χ3v) is 6.23. The summed E-state index contributed by atoms with van der Waals surface area (Å²) >= 11 is 0. The van der Waals surface area contributed by atoms with Gasteiger partial charge in [0.05, 0.1) is 5.56 Å². The molecule has 1 amide bonds. The van der Waals surface area contributed by atoms with Crippen molar-refractivity contribution >= 4 is 17.4 Å². The summed E-state index contributed by atoms with van der Waals surface area (Å²) in [6, 6.07) is 14.3. The maximum absolute atomic E-state index is 13.8. The number of ether oxygens (including phenoxy) is 1. The number of carbonyl (C=O) groups is 2. The van der Waals surface area contributed by atoms with Crippen LogP contribution in [0.4, 0.5) is 5.69 Å². The summed E-state index contributed by atoms with van der Waals surface area (Å²) in [4.78, 5) is 27.0. The van der Waals surface area contributed by atoms with Crippen LogP contribution in [0.1, 0.15) is 57.3 Å². The lowest BCUT2D eigenvalue weighted by atomic mass is 9.82. The van der Waals surface area contributed by atoms with Gasteiger partial charge >= 0.3 is 5.91 Å². The quantitative estimate of drug-likeness (QED) is 0.331. The molecular weight excluding hydrogens is 410 g/mol. The Morgan fingerprint density at radius 2 is 1.94 bits per heavy atom. The lowest BCUT2D eigenvalue weighted by Crippen LogP contribution is -2.61. The van der Waals surface area contributed by atoms with Crippen LogP contribution in [0.2, 0.25) is 0 Å². The Kier molecular flexibility index (Phi) is 4.09. The van der Waals surface area contributed by atoms with Gasteiger partial charge in [-0.05, 0) is 29.7 Å². The summed E-state index contributed by atoms with van der Waals surface area (Å²) in [5, 5.41) is 26.7. The second kappa shape index (κ2) is 6.54. The summed E-state index contributed by atoms with van der Waals surface area (Å²) in [7, 11) is 0. The van der Waals surface area contributed by atoms with Gasteiger partial charge in [-0.25, -0.2) is 0 Å². The van der Waals surface area contributed by atoms with E-state index in [1.165, 1.54) is 24.4 Å². The number of nitrogens with one attached hydrogen (secondary N) is 1. The first kappa shape index (κ1) is 20.0. The highest BCUT2D eigenvalue weighted by atomic mass is 16.6. The molecule has 0 saturated carbocycles. The van der Waals surface area contributed by atoms with Crippen molar-refractivity contribution in [1.29, 1.82) is 0 Å². The van der Waals surface area contributed by atoms with Gasteiger partial charge in [-0.15, -0.1) is 0 Å². The fourth-order valence-electron chi connectivity index (χ4n) is 4.58. The van der Waals surface area contributed by atoms with E-state index in [2.05, 4.69) is 5.32 Å². The van der Waals surface area contributed by atoms with E-state index >= 15 is 0 Å². The number of fused-ring (bicyclic) bond motifs is 5. The Balaban J connectivity index is 1.75. The molecule has 2 atom stereocenters. The number of aliphatic hydroxyl groups is 1. The number of benzene rings is 2. The smallest absolute Gasteiger partial charge is 0.318 e. The van der Waals surface area contributed by atoms with Crippen molar-refractivity contribution in [3.05, 3.63) is 93.9 Å². The van der Waals surface area contributed by atoms with E-state index in [1.807, 2.05) is 19.9 Å². The molecule has 162 valence electrons. The highest BCUT2D eigenvalue weighted by Crippen LogP contribution is 2.59. The second-order valence-electron chi connectivity index (χ2n) is 8.37. The molecule has 0 spiro atoms. The van der Waals surface area contributed by atoms with E-state index in [1.54, 1.807) is 30.3 Å². The van der Waals surface area contributed by atoms with Crippen molar-refractivity contribution in [3.8, 4) is 5.75 Å². The third kappa shape index (κ3) is 2.38. The number of amides is 1. The van der Waals surface area contributed by atoms with Gasteiger partial charge in [0.25, 0.3) is 11.5 Å². The maximum Gasteiger partial charge on any atom is 0.318 e. The van der Waals surface area contributed by atoms with Crippen LogP contribution in [0, 0.1) is 5.21 Å². The van der Waals surface area contributed by atoms with Crippen LogP contribution in [0.25, 0.3) is 0 Å². The summed E-state index contributed by atoms with van der Waals surface area (Å²) in [6.07, 6.45) is 1.18. The van der Waals surface area contributed by atoms with Gasteiger partial charge in [0.1, 0.15) is 5.75 Å². The number of aromatic nitrogens is 1. The number of nitrogens with two attached hydrogens (primary N) is 1. The predicted octanol–water partition coefficient (Wildman–Crippen LogP) is 2.08. The van der Waals surface area contributed by atoms with E-state index in [-0.39, 0.29) is 34.2 Å². The molecule has 2 heterocycles. The highest BCUT2D eigenvalue weighted by molar-refractivity contribution is 6.15. The number of carbonyl (C=O) groups excluding carboxylic acids is 2. The molecule has 2 unspecified atom stereocenters. The first-order valence-electron chi connectivity index (χ1n) is 10.2. The zero-order valence-corrected chi connectivity index (χ0v) is 17.5. The topological polar surface area (TPSA) is 129 Å². The Bertz CT molecular complexity index is 1300. The number of nitrogen functional groups attached to an aromatic ring is 1. The van der Waals surface area contributed by atoms with E-state index in [9.17, 15) is 19.9 Å². The molecule has 1 aromatic heterocycles. The first-order valence-corrected chi connectivity index (χ1v) is 10.2. The lowest BCUT2D eigenvalue weighted by molar-refractivity contribution is -0.607. The van der Waals surface area contributed by atoms with Gasteiger partial charge < -0.3 is 26.1 Å². The largest absolute Gasteiger partial charge is 0.618 e. The zero-order chi connectivity index (χ0) is 22.8. The van der Waals surface area contributed by atoms with Crippen molar-refractivity contribution in [3.63, 3.8) is 0 Å². The highest BCUT2D eigenvalue weighted by Gasteiger charge is 2.72. The molecule has 0 fully saturated rings. The minimum Gasteiger partial charge on any atom is -0.618 e. The van der Waals surface area contributed by atoms with Crippen molar-refractivity contribution < 1.29 is 24.2 Å².